The van der Waals surface area contributed by atoms with Crippen molar-refractivity contribution in [3.05, 3.63) is 0 Å². The predicted molar refractivity (Wildman–Crippen MR) is 71.9 cm³/mol. The van der Waals surface area contributed by atoms with Crippen LogP contribution < -0.4 is 5.32 Å². The molecule has 0 aromatic heterocycles. The number of likely N-dealkylation sites (N-methyl/N-ethyl adjacent to an activating group) is 1. The summed E-state index contributed by atoms with van der Waals surface area (Å²) in [5, 5.41) is 3.59. The van der Waals surface area contributed by atoms with Crippen molar-refractivity contribution in [1.82, 2.24) is 10.2 Å². The number of rotatable bonds is 7. The molecule has 0 amide bonds. The summed E-state index contributed by atoms with van der Waals surface area (Å²) in [7, 11) is 0. The summed E-state index contributed by atoms with van der Waals surface area (Å²) in [6, 6.07) is 2.20. The molecule has 0 saturated heterocycles. The molecule has 0 aromatic carbocycles. The molecule has 1 rings (SSSR count). The molecular formula is C14H30N2. The molecule has 0 spiro atoms. The van der Waals surface area contributed by atoms with E-state index in [4.69, 9.17) is 0 Å². The number of hydrogen-bond donors (Lipinski definition) is 1. The van der Waals surface area contributed by atoms with Crippen LogP contribution in [0.1, 0.15) is 59.8 Å². The molecule has 96 valence electrons. The first-order valence-corrected chi connectivity index (χ1v) is 7.18. The normalized spacial score (nSPS) is 19.9. The third kappa shape index (κ3) is 4.06. The van der Waals surface area contributed by atoms with Gasteiger partial charge in [-0.15, -0.1) is 0 Å². The second-order valence-electron chi connectivity index (χ2n) is 5.39. The second-order valence-corrected chi connectivity index (χ2v) is 5.39. The number of nitrogens with zero attached hydrogens (tertiary/aromatic N) is 1. The fraction of sp³-hybridized carbons (Fsp3) is 1.00. The maximum atomic E-state index is 3.59. The molecule has 1 atom stereocenters. The van der Waals surface area contributed by atoms with E-state index < -0.39 is 0 Å². The fourth-order valence-electron chi connectivity index (χ4n) is 2.92. The predicted octanol–water partition coefficient (Wildman–Crippen LogP) is 3.03. The van der Waals surface area contributed by atoms with E-state index in [1.807, 2.05) is 0 Å². The fourth-order valence-corrected chi connectivity index (χ4v) is 2.92. The quantitative estimate of drug-likeness (QED) is 0.718. The first-order chi connectivity index (χ1) is 7.69. The van der Waals surface area contributed by atoms with Crippen molar-refractivity contribution >= 4 is 0 Å². The molecule has 1 saturated carbocycles. The zero-order chi connectivity index (χ0) is 12.0. The minimum atomic E-state index is 0.608. The van der Waals surface area contributed by atoms with Crippen molar-refractivity contribution < 1.29 is 0 Å². The minimum absolute atomic E-state index is 0.608. The van der Waals surface area contributed by atoms with Gasteiger partial charge in [-0.25, -0.2) is 0 Å². The van der Waals surface area contributed by atoms with Crippen LogP contribution >= 0.6 is 0 Å². The molecule has 0 heterocycles. The van der Waals surface area contributed by atoms with Gasteiger partial charge in [0, 0.05) is 24.7 Å². The third-order valence-electron chi connectivity index (χ3n) is 3.86. The minimum Gasteiger partial charge on any atom is -0.313 e. The van der Waals surface area contributed by atoms with E-state index in [0.717, 1.165) is 18.6 Å². The highest BCUT2D eigenvalue weighted by atomic mass is 15.2. The Morgan fingerprint density at radius 3 is 2.25 bits per heavy atom. The van der Waals surface area contributed by atoms with Crippen LogP contribution in [0.25, 0.3) is 0 Å². The Bertz CT molecular complexity index is 174. The van der Waals surface area contributed by atoms with Crippen molar-refractivity contribution in [1.29, 1.82) is 0 Å². The summed E-state index contributed by atoms with van der Waals surface area (Å²) in [5.74, 6) is 0. The highest BCUT2D eigenvalue weighted by Gasteiger charge is 2.26. The van der Waals surface area contributed by atoms with Gasteiger partial charge in [0.05, 0.1) is 0 Å². The van der Waals surface area contributed by atoms with E-state index in [1.54, 1.807) is 0 Å². The largest absolute Gasteiger partial charge is 0.313 e. The Kier molecular flexibility index (Phi) is 6.37. The Morgan fingerprint density at radius 2 is 1.81 bits per heavy atom. The van der Waals surface area contributed by atoms with Crippen LogP contribution in [-0.4, -0.2) is 36.1 Å². The zero-order valence-electron chi connectivity index (χ0n) is 11.6. The van der Waals surface area contributed by atoms with E-state index in [9.17, 15) is 0 Å². The molecule has 1 aliphatic carbocycles. The average molecular weight is 226 g/mol. The first-order valence-electron chi connectivity index (χ1n) is 7.18. The van der Waals surface area contributed by atoms with Crippen LogP contribution in [-0.2, 0) is 0 Å². The Hall–Kier alpha value is -0.0800. The molecule has 16 heavy (non-hydrogen) atoms. The van der Waals surface area contributed by atoms with Crippen LogP contribution in [0.15, 0.2) is 0 Å². The molecule has 1 fully saturated rings. The average Bonchev–Trinajstić information content (AvgIpc) is 2.77. The molecule has 0 aromatic rings. The van der Waals surface area contributed by atoms with E-state index in [0.29, 0.717) is 6.04 Å². The summed E-state index contributed by atoms with van der Waals surface area (Å²) in [6.45, 7) is 11.5. The maximum absolute atomic E-state index is 3.59. The molecule has 1 unspecified atom stereocenters. The van der Waals surface area contributed by atoms with Gasteiger partial charge in [0.1, 0.15) is 0 Å². The van der Waals surface area contributed by atoms with Crippen molar-refractivity contribution in [2.75, 3.05) is 13.1 Å². The van der Waals surface area contributed by atoms with E-state index in [-0.39, 0.29) is 0 Å². The monoisotopic (exact) mass is 226 g/mol. The van der Waals surface area contributed by atoms with Gasteiger partial charge in [-0.2, -0.15) is 0 Å². The van der Waals surface area contributed by atoms with Gasteiger partial charge in [-0.1, -0.05) is 40.5 Å². The highest BCUT2D eigenvalue weighted by molar-refractivity contribution is 4.83. The first kappa shape index (κ1) is 14.0. The van der Waals surface area contributed by atoms with Crippen molar-refractivity contribution in [2.45, 2.75) is 77.9 Å². The number of nitrogens with one attached hydrogen (secondary N) is 1. The summed E-state index contributed by atoms with van der Waals surface area (Å²) in [5.41, 5.74) is 0. The standard InChI is InChI=1S/C14H30N2/c1-5-13(11-15-12(3)4)16(6-2)14-9-7-8-10-14/h12-15H,5-11H2,1-4H3. The summed E-state index contributed by atoms with van der Waals surface area (Å²) in [6.07, 6.45) is 6.99. The zero-order valence-corrected chi connectivity index (χ0v) is 11.6. The van der Waals surface area contributed by atoms with Gasteiger partial charge in [0.15, 0.2) is 0 Å². The molecular weight excluding hydrogens is 196 g/mol. The Morgan fingerprint density at radius 1 is 1.19 bits per heavy atom. The maximum Gasteiger partial charge on any atom is 0.0220 e. The van der Waals surface area contributed by atoms with E-state index in [1.165, 1.54) is 38.6 Å². The summed E-state index contributed by atoms with van der Waals surface area (Å²) >= 11 is 0. The van der Waals surface area contributed by atoms with Crippen molar-refractivity contribution in [3.8, 4) is 0 Å². The van der Waals surface area contributed by atoms with E-state index >= 15 is 0 Å². The van der Waals surface area contributed by atoms with Crippen LogP contribution in [0.3, 0.4) is 0 Å². The van der Waals surface area contributed by atoms with Crippen LogP contribution in [0.2, 0.25) is 0 Å². The topological polar surface area (TPSA) is 15.3 Å². The van der Waals surface area contributed by atoms with Crippen molar-refractivity contribution in [3.63, 3.8) is 0 Å². The van der Waals surface area contributed by atoms with Gasteiger partial charge < -0.3 is 5.32 Å². The van der Waals surface area contributed by atoms with Crippen LogP contribution in [0.5, 0.6) is 0 Å². The van der Waals surface area contributed by atoms with Crippen molar-refractivity contribution in [2.24, 2.45) is 0 Å². The third-order valence-corrected chi connectivity index (χ3v) is 3.86. The van der Waals surface area contributed by atoms with Gasteiger partial charge in [0.2, 0.25) is 0 Å². The van der Waals surface area contributed by atoms with E-state index in [2.05, 4.69) is 37.9 Å². The molecule has 2 heteroatoms. The lowest BCUT2D eigenvalue weighted by molar-refractivity contribution is 0.135. The van der Waals surface area contributed by atoms with Crippen LogP contribution in [0, 0.1) is 0 Å². The summed E-state index contributed by atoms with van der Waals surface area (Å²) in [4.78, 5) is 2.74. The lowest BCUT2D eigenvalue weighted by Gasteiger charge is -2.35. The molecule has 2 nitrogen and oxygen atoms in total. The van der Waals surface area contributed by atoms with Crippen LogP contribution in [0.4, 0.5) is 0 Å². The van der Waals surface area contributed by atoms with Gasteiger partial charge in [0.25, 0.3) is 0 Å². The smallest absolute Gasteiger partial charge is 0.0220 e. The molecule has 0 radical (unpaired) electrons. The molecule has 1 N–H and O–H groups in total. The molecule has 0 bridgehead atoms. The van der Waals surface area contributed by atoms with Gasteiger partial charge in [-0.05, 0) is 25.8 Å². The molecule has 0 aliphatic heterocycles. The molecule has 1 aliphatic rings. The number of hydrogen-bond acceptors (Lipinski definition) is 2. The van der Waals surface area contributed by atoms with Gasteiger partial charge in [-0.3, -0.25) is 4.90 Å². The lowest BCUT2D eigenvalue weighted by atomic mass is 10.1. The Labute approximate surface area is 102 Å². The lowest BCUT2D eigenvalue weighted by Crippen LogP contribution is -2.47. The highest BCUT2D eigenvalue weighted by Crippen LogP contribution is 2.25. The summed E-state index contributed by atoms with van der Waals surface area (Å²) < 4.78 is 0. The SMILES string of the molecule is CCC(CNC(C)C)N(CC)C1CCCC1. The second kappa shape index (κ2) is 7.29. The van der Waals surface area contributed by atoms with Gasteiger partial charge >= 0.3 is 0 Å². The Balaban J connectivity index is 2.46.